The molecule has 0 radical (unpaired) electrons. The van der Waals surface area contributed by atoms with Crippen molar-refractivity contribution in [1.82, 2.24) is 5.32 Å². The molecule has 0 bridgehead atoms. The van der Waals surface area contributed by atoms with Crippen molar-refractivity contribution in [3.8, 4) is 17.2 Å². The molecule has 100 valence electrons. The second-order valence-electron chi connectivity index (χ2n) is 4.51. The lowest BCUT2D eigenvalue weighted by molar-refractivity contribution is 0.436. The summed E-state index contributed by atoms with van der Waals surface area (Å²) in [5, 5.41) is 31.5. The summed E-state index contributed by atoms with van der Waals surface area (Å²) >= 11 is 0. The third kappa shape index (κ3) is 3.39. The van der Waals surface area contributed by atoms with E-state index < -0.39 is 0 Å². The molecule has 2 aromatic carbocycles. The van der Waals surface area contributed by atoms with Gasteiger partial charge < -0.3 is 20.6 Å². The molecule has 4 nitrogen and oxygen atoms in total. The molecule has 0 aliphatic heterocycles. The fourth-order valence-electron chi connectivity index (χ4n) is 1.89. The van der Waals surface area contributed by atoms with Gasteiger partial charge in [0.2, 0.25) is 0 Å². The number of phenols is 3. The SMILES string of the molecule is CC(NCc1ccc(O)cc1)c1ccc(O)cc1O. The molecular weight excluding hydrogens is 242 g/mol. The maximum Gasteiger partial charge on any atom is 0.124 e. The highest BCUT2D eigenvalue weighted by Gasteiger charge is 2.10. The third-order valence-electron chi connectivity index (χ3n) is 3.03. The molecule has 0 amide bonds. The Hall–Kier alpha value is -2.20. The molecule has 1 unspecified atom stereocenters. The Labute approximate surface area is 112 Å². The molecule has 0 aliphatic rings. The predicted molar refractivity (Wildman–Crippen MR) is 73.1 cm³/mol. The van der Waals surface area contributed by atoms with Gasteiger partial charge in [-0.05, 0) is 30.7 Å². The highest BCUT2D eigenvalue weighted by molar-refractivity contribution is 5.40. The summed E-state index contributed by atoms with van der Waals surface area (Å²) in [6.07, 6.45) is 0. The summed E-state index contributed by atoms with van der Waals surface area (Å²) in [6.45, 7) is 2.56. The van der Waals surface area contributed by atoms with Crippen LogP contribution in [0.5, 0.6) is 17.2 Å². The van der Waals surface area contributed by atoms with Crippen molar-refractivity contribution >= 4 is 0 Å². The molecule has 0 saturated carbocycles. The van der Waals surface area contributed by atoms with Gasteiger partial charge in [-0.3, -0.25) is 0 Å². The second-order valence-corrected chi connectivity index (χ2v) is 4.51. The van der Waals surface area contributed by atoms with Gasteiger partial charge in [0.05, 0.1) is 0 Å². The number of rotatable bonds is 4. The molecular formula is C15H17NO3. The second kappa shape index (κ2) is 5.63. The third-order valence-corrected chi connectivity index (χ3v) is 3.03. The minimum absolute atomic E-state index is 0.0468. The fourth-order valence-corrected chi connectivity index (χ4v) is 1.89. The van der Waals surface area contributed by atoms with E-state index in [1.165, 1.54) is 6.07 Å². The zero-order chi connectivity index (χ0) is 13.8. The Morgan fingerprint density at radius 3 is 2.21 bits per heavy atom. The van der Waals surface area contributed by atoms with Crippen LogP contribution in [0.3, 0.4) is 0 Å². The smallest absolute Gasteiger partial charge is 0.124 e. The van der Waals surface area contributed by atoms with E-state index in [9.17, 15) is 15.3 Å². The fraction of sp³-hybridized carbons (Fsp3) is 0.200. The number of phenolic OH excluding ortho intramolecular Hbond substituents is 3. The summed E-state index contributed by atoms with van der Waals surface area (Å²) in [5.41, 5.74) is 1.78. The first kappa shape index (κ1) is 13.2. The first-order valence-electron chi connectivity index (χ1n) is 6.09. The summed E-state index contributed by atoms with van der Waals surface area (Å²) in [6, 6.07) is 11.5. The number of hydrogen-bond donors (Lipinski definition) is 4. The molecule has 0 heterocycles. The highest BCUT2D eigenvalue weighted by Crippen LogP contribution is 2.27. The summed E-state index contributed by atoms with van der Waals surface area (Å²) < 4.78 is 0. The van der Waals surface area contributed by atoms with E-state index in [0.29, 0.717) is 6.54 Å². The van der Waals surface area contributed by atoms with Gasteiger partial charge in [0.15, 0.2) is 0 Å². The predicted octanol–water partition coefficient (Wildman–Crippen LogP) is 2.65. The van der Waals surface area contributed by atoms with Crippen LogP contribution in [0, 0.1) is 0 Å². The van der Waals surface area contributed by atoms with Crippen LogP contribution < -0.4 is 5.32 Å². The van der Waals surface area contributed by atoms with Crippen LogP contribution in [0.25, 0.3) is 0 Å². The van der Waals surface area contributed by atoms with Gasteiger partial charge in [-0.2, -0.15) is 0 Å². The van der Waals surface area contributed by atoms with Gasteiger partial charge in [0, 0.05) is 24.2 Å². The monoisotopic (exact) mass is 259 g/mol. The average Bonchev–Trinajstić information content (AvgIpc) is 2.37. The molecule has 2 aromatic rings. The molecule has 19 heavy (non-hydrogen) atoms. The lowest BCUT2D eigenvalue weighted by Crippen LogP contribution is -2.18. The summed E-state index contributed by atoms with van der Waals surface area (Å²) in [4.78, 5) is 0. The van der Waals surface area contributed by atoms with Crippen LogP contribution in [-0.2, 0) is 6.54 Å². The van der Waals surface area contributed by atoms with E-state index in [2.05, 4.69) is 5.32 Å². The summed E-state index contributed by atoms with van der Waals surface area (Å²) in [7, 11) is 0. The van der Waals surface area contributed by atoms with E-state index in [1.54, 1.807) is 24.3 Å². The van der Waals surface area contributed by atoms with Gasteiger partial charge in [0.25, 0.3) is 0 Å². The van der Waals surface area contributed by atoms with Gasteiger partial charge in [-0.1, -0.05) is 18.2 Å². The van der Waals surface area contributed by atoms with Crippen molar-refractivity contribution in [1.29, 1.82) is 0 Å². The lowest BCUT2D eigenvalue weighted by atomic mass is 10.1. The summed E-state index contributed by atoms with van der Waals surface area (Å²) in [5.74, 6) is 0.366. The van der Waals surface area contributed by atoms with Gasteiger partial charge in [-0.25, -0.2) is 0 Å². The van der Waals surface area contributed by atoms with Crippen LogP contribution in [0.4, 0.5) is 0 Å². The molecule has 1 atom stereocenters. The Morgan fingerprint density at radius 2 is 1.58 bits per heavy atom. The van der Waals surface area contributed by atoms with Crippen molar-refractivity contribution < 1.29 is 15.3 Å². The van der Waals surface area contributed by atoms with Crippen LogP contribution in [0.15, 0.2) is 42.5 Å². The van der Waals surface area contributed by atoms with Gasteiger partial charge >= 0.3 is 0 Å². The van der Waals surface area contributed by atoms with Crippen molar-refractivity contribution in [2.75, 3.05) is 0 Å². The van der Waals surface area contributed by atoms with E-state index >= 15 is 0 Å². The van der Waals surface area contributed by atoms with Crippen LogP contribution in [0.2, 0.25) is 0 Å². The number of nitrogens with one attached hydrogen (secondary N) is 1. The maximum atomic E-state index is 9.76. The lowest BCUT2D eigenvalue weighted by Gasteiger charge is -2.16. The molecule has 0 aromatic heterocycles. The zero-order valence-electron chi connectivity index (χ0n) is 10.7. The Balaban J connectivity index is 2.01. The van der Waals surface area contributed by atoms with Crippen molar-refractivity contribution in [2.45, 2.75) is 19.5 Å². The Kier molecular flexibility index (Phi) is 3.92. The number of aromatic hydroxyl groups is 3. The van der Waals surface area contributed by atoms with Crippen molar-refractivity contribution in [3.63, 3.8) is 0 Å². The highest BCUT2D eigenvalue weighted by atomic mass is 16.3. The van der Waals surface area contributed by atoms with E-state index in [4.69, 9.17) is 0 Å². The molecule has 2 rings (SSSR count). The average molecular weight is 259 g/mol. The first-order chi connectivity index (χ1) is 9.06. The first-order valence-corrected chi connectivity index (χ1v) is 6.09. The molecule has 0 saturated heterocycles. The van der Waals surface area contributed by atoms with E-state index in [0.717, 1.165) is 11.1 Å². The number of benzene rings is 2. The van der Waals surface area contributed by atoms with Crippen LogP contribution in [-0.4, -0.2) is 15.3 Å². The maximum absolute atomic E-state index is 9.76. The van der Waals surface area contributed by atoms with Gasteiger partial charge in [-0.15, -0.1) is 0 Å². The molecule has 0 spiro atoms. The van der Waals surface area contributed by atoms with Crippen molar-refractivity contribution in [3.05, 3.63) is 53.6 Å². The molecule has 4 heteroatoms. The Morgan fingerprint density at radius 1 is 0.947 bits per heavy atom. The molecule has 0 aliphatic carbocycles. The standard InChI is InChI=1S/C15H17NO3/c1-10(14-7-6-13(18)8-15(14)19)16-9-11-2-4-12(17)5-3-11/h2-8,10,16-19H,9H2,1H3. The minimum atomic E-state index is -0.0468. The van der Waals surface area contributed by atoms with Crippen LogP contribution in [0.1, 0.15) is 24.1 Å². The van der Waals surface area contributed by atoms with E-state index in [-0.39, 0.29) is 23.3 Å². The minimum Gasteiger partial charge on any atom is -0.508 e. The molecule has 0 fully saturated rings. The van der Waals surface area contributed by atoms with Crippen LogP contribution >= 0.6 is 0 Å². The van der Waals surface area contributed by atoms with E-state index in [1.807, 2.05) is 19.1 Å². The van der Waals surface area contributed by atoms with Crippen molar-refractivity contribution in [2.24, 2.45) is 0 Å². The quantitative estimate of drug-likeness (QED) is 0.681. The topological polar surface area (TPSA) is 72.7 Å². The normalized spacial score (nSPS) is 12.3. The van der Waals surface area contributed by atoms with Gasteiger partial charge in [0.1, 0.15) is 17.2 Å². The Bertz CT molecular complexity index is 552. The number of hydrogen-bond acceptors (Lipinski definition) is 4. The molecule has 4 N–H and O–H groups in total. The largest absolute Gasteiger partial charge is 0.508 e. The zero-order valence-corrected chi connectivity index (χ0v) is 10.7.